The molecule has 0 saturated heterocycles. The third kappa shape index (κ3) is 3.38. The molecule has 1 aromatic rings. The number of rotatable bonds is 4. The van der Waals surface area contributed by atoms with Crippen LogP contribution in [0, 0.1) is 0 Å². The highest BCUT2D eigenvalue weighted by molar-refractivity contribution is 9.09. The average Bonchev–Trinajstić information content (AvgIpc) is 2.48. The van der Waals surface area contributed by atoms with Crippen LogP contribution in [0.2, 0.25) is 0 Å². The minimum Gasteiger partial charge on any atom is -0.346 e. The highest BCUT2D eigenvalue weighted by atomic mass is 79.9. The minimum absolute atomic E-state index is 0.0455. The van der Waals surface area contributed by atoms with Crippen LogP contribution < -0.4 is 5.32 Å². The Morgan fingerprint density at radius 2 is 1.95 bits per heavy atom. The van der Waals surface area contributed by atoms with Gasteiger partial charge in [-0.3, -0.25) is 4.79 Å². The Morgan fingerprint density at radius 1 is 1.26 bits per heavy atom. The number of benzene rings is 1. The summed E-state index contributed by atoms with van der Waals surface area (Å²) in [6, 6.07) is 7.90. The number of amides is 1. The molecule has 1 aromatic carbocycles. The molecule has 1 aliphatic rings. The average molecular weight is 324 g/mol. The second-order valence-electron chi connectivity index (χ2n) is 5.44. The molecule has 1 saturated carbocycles. The quantitative estimate of drug-likeness (QED) is 0.831. The minimum atomic E-state index is -0.0455. The zero-order valence-corrected chi connectivity index (χ0v) is 13.1. The fourth-order valence-electron chi connectivity index (χ4n) is 2.88. The second-order valence-corrected chi connectivity index (χ2v) is 6.00. The van der Waals surface area contributed by atoms with E-state index >= 15 is 0 Å². The van der Waals surface area contributed by atoms with E-state index in [1.165, 1.54) is 19.3 Å². The van der Waals surface area contributed by atoms with E-state index in [0.29, 0.717) is 0 Å². The number of halogens is 1. The first-order chi connectivity index (χ1) is 9.21. The number of hydrogen-bond donors (Lipinski definition) is 1. The fraction of sp³-hybridized carbons (Fsp3) is 0.562. The van der Waals surface area contributed by atoms with Crippen LogP contribution in [-0.4, -0.2) is 16.8 Å². The van der Waals surface area contributed by atoms with Crippen molar-refractivity contribution < 1.29 is 4.79 Å². The molecule has 0 atom stereocenters. The lowest BCUT2D eigenvalue weighted by atomic mass is 9.83. The van der Waals surface area contributed by atoms with Gasteiger partial charge in [0.15, 0.2) is 0 Å². The van der Waals surface area contributed by atoms with E-state index in [-0.39, 0.29) is 11.4 Å². The predicted molar refractivity (Wildman–Crippen MR) is 82.9 cm³/mol. The zero-order chi connectivity index (χ0) is 13.7. The Bertz CT molecular complexity index is 438. The van der Waals surface area contributed by atoms with Gasteiger partial charge in [0.1, 0.15) is 0 Å². The van der Waals surface area contributed by atoms with Gasteiger partial charge in [-0.15, -0.1) is 0 Å². The Morgan fingerprint density at radius 3 is 2.58 bits per heavy atom. The molecule has 1 amide bonds. The number of alkyl halides is 1. The third-order valence-corrected chi connectivity index (χ3v) is 5.16. The van der Waals surface area contributed by atoms with Gasteiger partial charge in [0.05, 0.1) is 5.54 Å². The van der Waals surface area contributed by atoms with E-state index in [0.717, 1.165) is 35.7 Å². The molecule has 2 nitrogen and oxygen atoms in total. The van der Waals surface area contributed by atoms with Crippen molar-refractivity contribution in [2.24, 2.45) is 0 Å². The number of aryl methyl sites for hydroxylation is 1. The van der Waals surface area contributed by atoms with Gasteiger partial charge in [0.25, 0.3) is 5.91 Å². The van der Waals surface area contributed by atoms with Crippen molar-refractivity contribution in [3.05, 3.63) is 35.4 Å². The van der Waals surface area contributed by atoms with Crippen LogP contribution in [0.15, 0.2) is 24.3 Å². The molecule has 104 valence electrons. The molecular weight excluding hydrogens is 302 g/mol. The number of nitrogens with one attached hydrogen (secondary N) is 1. The maximum Gasteiger partial charge on any atom is 0.252 e. The monoisotopic (exact) mass is 323 g/mol. The molecule has 0 aliphatic heterocycles. The standard InChI is InChI=1S/C16H22BrNO/c1-2-13-8-4-5-9-14(13)15(19)18-16(12-17)10-6-3-7-11-16/h4-5,8-9H,2-3,6-7,10-12H2,1H3,(H,18,19). The van der Waals surface area contributed by atoms with Crippen molar-refractivity contribution in [3.63, 3.8) is 0 Å². The first kappa shape index (κ1) is 14.6. The van der Waals surface area contributed by atoms with Crippen molar-refractivity contribution in [1.82, 2.24) is 5.32 Å². The molecule has 1 aliphatic carbocycles. The van der Waals surface area contributed by atoms with Crippen LogP contribution in [0.1, 0.15) is 54.9 Å². The van der Waals surface area contributed by atoms with Crippen molar-refractivity contribution in [3.8, 4) is 0 Å². The van der Waals surface area contributed by atoms with Crippen LogP contribution in [0.3, 0.4) is 0 Å². The first-order valence-electron chi connectivity index (χ1n) is 7.17. The maximum absolute atomic E-state index is 12.5. The molecule has 3 heteroatoms. The van der Waals surface area contributed by atoms with Gasteiger partial charge in [-0.05, 0) is 30.9 Å². The molecule has 0 radical (unpaired) electrons. The highest BCUT2D eigenvalue weighted by Gasteiger charge is 2.32. The fourth-order valence-corrected chi connectivity index (χ4v) is 3.58. The predicted octanol–water partition coefficient (Wildman–Crippen LogP) is 4.08. The number of carbonyl (C=O) groups is 1. The van der Waals surface area contributed by atoms with Crippen molar-refractivity contribution in [1.29, 1.82) is 0 Å². The van der Waals surface area contributed by atoms with E-state index in [1.54, 1.807) is 0 Å². The van der Waals surface area contributed by atoms with E-state index in [9.17, 15) is 4.79 Å². The highest BCUT2D eigenvalue weighted by Crippen LogP contribution is 2.30. The van der Waals surface area contributed by atoms with Crippen LogP contribution in [-0.2, 0) is 6.42 Å². The van der Waals surface area contributed by atoms with E-state index in [2.05, 4.69) is 28.2 Å². The lowest BCUT2D eigenvalue weighted by molar-refractivity contribution is 0.0885. The Labute approximate surface area is 124 Å². The summed E-state index contributed by atoms with van der Waals surface area (Å²) in [6.07, 6.45) is 6.76. The van der Waals surface area contributed by atoms with E-state index in [4.69, 9.17) is 0 Å². The van der Waals surface area contributed by atoms with Gasteiger partial charge < -0.3 is 5.32 Å². The topological polar surface area (TPSA) is 29.1 Å². The van der Waals surface area contributed by atoms with Crippen molar-refractivity contribution in [2.45, 2.75) is 51.0 Å². The van der Waals surface area contributed by atoms with Crippen LogP contribution in [0.4, 0.5) is 0 Å². The third-order valence-electron chi connectivity index (χ3n) is 4.09. The second kappa shape index (κ2) is 6.56. The van der Waals surface area contributed by atoms with E-state index < -0.39 is 0 Å². The summed E-state index contributed by atoms with van der Waals surface area (Å²) in [7, 11) is 0. The first-order valence-corrected chi connectivity index (χ1v) is 8.29. The lowest BCUT2D eigenvalue weighted by Crippen LogP contribution is -2.51. The molecule has 0 unspecified atom stereocenters. The summed E-state index contributed by atoms with van der Waals surface area (Å²) in [5, 5.41) is 4.13. The molecule has 0 bridgehead atoms. The van der Waals surface area contributed by atoms with Crippen LogP contribution in [0.5, 0.6) is 0 Å². The Balaban J connectivity index is 2.15. The van der Waals surface area contributed by atoms with Gasteiger partial charge in [-0.2, -0.15) is 0 Å². The van der Waals surface area contributed by atoms with Crippen LogP contribution >= 0.6 is 15.9 Å². The molecule has 1 fully saturated rings. The summed E-state index contributed by atoms with van der Waals surface area (Å²) in [5.41, 5.74) is 1.91. The van der Waals surface area contributed by atoms with Crippen molar-refractivity contribution >= 4 is 21.8 Å². The lowest BCUT2D eigenvalue weighted by Gasteiger charge is -2.36. The number of hydrogen-bond acceptors (Lipinski definition) is 1. The Kier molecular flexibility index (Phi) is 5.03. The summed E-state index contributed by atoms with van der Waals surface area (Å²) in [4.78, 5) is 12.5. The number of carbonyl (C=O) groups excluding carboxylic acids is 1. The summed E-state index contributed by atoms with van der Waals surface area (Å²) in [6.45, 7) is 2.09. The molecule has 1 N–H and O–H groups in total. The van der Waals surface area contributed by atoms with Gasteiger partial charge in [-0.1, -0.05) is 60.3 Å². The van der Waals surface area contributed by atoms with Gasteiger partial charge in [-0.25, -0.2) is 0 Å². The Hall–Kier alpha value is -0.830. The molecule has 0 heterocycles. The molecule has 2 rings (SSSR count). The van der Waals surface area contributed by atoms with Gasteiger partial charge in [0, 0.05) is 10.9 Å². The van der Waals surface area contributed by atoms with Gasteiger partial charge >= 0.3 is 0 Å². The maximum atomic E-state index is 12.5. The smallest absolute Gasteiger partial charge is 0.252 e. The van der Waals surface area contributed by atoms with Crippen LogP contribution in [0.25, 0.3) is 0 Å². The molecule has 0 aromatic heterocycles. The molecular formula is C16H22BrNO. The van der Waals surface area contributed by atoms with E-state index in [1.807, 2.05) is 24.3 Å². The molecule has 0 spiro atoms. The normalized spacial score (nSPS) is 18.0. The van der Waals surface area contributed by atoms with Gasteiger partial charge in [0.2, 0.25) is 0 Å². The summed E-state index contributed by atoms with van der Waals surface area (Å²) >= 11 is 3.59. The summed E-state index contributed by atoms with van der Waals surface area (Å²) in [5.74, 6) is 0.0822. The van der Waals surface area contributed by atoms with Crippen molar-refractivity contribution in [2.75, 3.05) is 5.33 Å². The zero-order valence-electron chi connectivity index (χ0n) is 11.5. The molecule has 19 heavy (non-hydrogen) atoms. The summed E-state index contributed by atoms with van der Waals surface area (Å²) < 4.78 is 0. The SMILES string of the molecule is CCc1ccccc1C(=O)NC1(CBr)CCCCC1. The largest absolute Gasteiger partial charge is 0.346 e.